The van der Waals surface area contributed by atoms with Crippen molar-refractivity contribution < 1.29 is 19.6 Å². The van der Waals surface area contributed by atoms with Crippen molar-refractivity contribution in [1.82, 2.24) is 0 Å². The number of aliphatic carboxylic acids is 1. The number of nitro benzene ring substituents is 1. The van der Waals surface area contributed by atoms with Gasteiger partial charge in [0.25, 0.3) is 5.69 Å². The van der Waals surface area contributed by atoms with Crippen molar-refractivity contribution >= 4 is 23.3 Å². The van der Waals surface area contributed by atoms with Crippen molar-refractivity contribution in [2.24, 2.45) is 0 Å². The van der Waals surface area contributed by atoms with Crippen LogP contribution < -0.4 is 4.74 Å². The number of nitro groups is 1. The van der Waals surface area contributed by atoms with Gasteiger partial charge in [-0.3, -0.25) is 14.9 Å². The molecule has 0 saturated heterocycles. The first kappa shape index (κ1) is 13.2. The molecule has 0 heterocycles. The molecule has 0 aliphatic heterocycles. The highest BCUT2D eigenvalue weighted by Gasteiger charge is 2.16. The third kappa shape index (κ3) is 3.60. The van der Waals surface area contributed by atoms with Crippen LogP contribution in [0.25, 0.3) is 0 Å². The Balaban J connectivity index is 2.79. The lowest BCUT2D eigenvalue weighted by Gasteiger charge is -2.10. The van der Waals surface area contributed by atoms with Gasteiger partial charge >= 0.3 is 5.97 Å². The molecule has 1 aromatic rings. The van der Waals surface area contributed by atoms with E-state index in [1.165, 1.54) is 18.2 Å². The highest BCUT2D eigenvalue weighted by Crippen LogP contribution is 2.24. The van der Waals surface area contributed by atoms with E-state index in [1.54, 1.807) is 6.92 Å². The van der Waals surface area contributed by atoms with Gasteiger partial charge in [0.05, 0.1) is 11.0 Å². The van der Waals surface area contributed by atoms with Crippen molar-refractivity contribution in [3.8, 4) is 5.75 Å². The predicted octanol–water partition coefficient (Wildman–Crippen LogP) is 1.97. The molecule has 0 aliphatic carbocycles. The summed E-state index contributed by atoms with van der Waals surface area (Å²) >= 11 is 5.46. The van der Waals surface area contributed by atoms with Crippen LogP contribution >= 0.6 is 11.6 Å². The van der Waals surface area contributed by atoms with E-state index in [0.717, 1.165) is 0 Å². The predicted molar refractivity (Wildman–Crippen MR) is 60.6 cm³/mol. The maximum Gasteiger partial charge on any atom is 0.325 e. The number of carboxylic acids is 1. The summed E-state index contributed by atoms with van der Waals surface area (Å²) in [6, 6.07) is 4.11. The second-order valence-electron chi connectivity index (χ2n) is 3.32. The van der Waals surface area contributed by atoms with Crippen molar-refractivity contribution in [2.45, 2.75) is 12.3 Å². The maximum atomic E-state index is 10.5. The molecular formula is C10H10ClNO5. The van der Waals surface area contributed by atoms with Gasteiger partial charge in [-0.2, -0.15) is 0 Å². The minimum atomic E-state index is -1.20. The molecule has 1 rings (SSSR count). The number of carboxylic acid groups (broad SMARTS) is 1. The summed E-state index contributed by atoms with van der Waals surface area (Å²) in [5, 5.41) is 17.9. The molecule has 0 saturated carbocycles. The van der Waals surface area contributed by atoms with E-state index in [4.69, 9.17) is 21.4 Å². The fourth-order valence-electron chi connectivity index (χ4n) is 1.09. The van der Waals surface area contributed by atoms with Crippen molar-refractivity contribution in [3.63, 3.8) is 0 Å². The van der Waals surface area contributed by atoms with Gasteiger partial charge in [0.15, 0.2) is 5.38 Å². The molecule has 0 fully saturated rings. The third-order valence-corrected chi connectivity index (χ3v) is 2.35. The number of hydrogen-bond acceptors (Lipinski definition) is 4. The van der Waals surface area contributed by atoms with Crippen molar-refractivity contribution in [2.75, 3.05) is 6.61 Å². The van der Waals surface area contributed by atoms with Crippen LogP contribution in [0.3, 0.4) is 0 Å². The lowest BCUT2D eigenvalue weighted by molar-refractivity contribution is -0.384. The number of ether oxygens (including phenoxy) is 1. The van der Waals surface area contributed by atoms with Crippen LogP contribution in [0, 0.1) is 17.0 Å². The number of halogens is 1. The molecule has 92 valence electrons. The number of aryl methyl sites for hydroxylation is 1. The number of rotatable bonds is 5. The SMILES string of the molecule is Cc1ccc([N+](=O)[O-])cc1OCC(Cl)C(=O)O. The van der Waals surface area contributed by atoms with Crippen LogP contribution in [-0.4, -0.2) is 28.0 Å². The number of carbonyl (C=O) groups is 1. The van der Waals surface area contributed by atoms with Gasteiger partial charge in [0.1, 0.15) is 12.4 Å². The van der Waals surface area contributed by atoms with Crippen molar-refractivity contribution in [1.29, 1.82) is 0 Å². The van der Waals surface area contributed by atoms with Gasteiger partial charge in [-0.05, 0) is 18.6 Å². The molecule has 0 bridgehead atoms. The molecule has 0 aliphatic rings. The fourth-order valence-corrected chi connectivity index (χ4v) is 1.16. The van der Waals surface area contributed by atoms with Gasteiger partial charge in [-0.25, -0.2) is 0 Å². The standard InChI is InChI=1S/C10H10ClNO5/c1-6-2-3-7(12(15)16)4-9(6)17-5-8(11)10(13)14/h2-4,8H,5H2,1H3,(H,13,14). The molecule has 7 heteroatoms. The molecular weight excluding hydrogens is 250 g/mol. The van der Waals surface area contributed by atoms with Gasteiger partial charge in [-0.1, -0.05) is 0 Å². The number of non-ortho nitro benzene ring substituents is 1. The van der Waals surface area contributed by atoms with E-state index in [2.05, 4.69) is 0 Å². The zero-order chi connectivity index (χ0) is 13.0. The average Bonchev–Trinajstić information content (AvgIpc) is 2.26. The summed E-state index contributed by atoms with van der Waals surface area (Å²) in [6.07, 6.45) is 0. The maximum absolute atomic E-state index is 10.5. The molecule has 0 radical (unpaired) electrons. The lowest BCUT2D eigenvalue weighted by Crippen LogP contribution is -2.21. The first-order chi connectivity index (χ1) is 7.91. The highest BCUT2D eigenvalue weighted by molar-refractivity contribution is 6.29. The van der Waals surface area contributed by atoms with Crippen molar-refractivity contribution in [3.05, 3.63) is 33.9 Å². The smallest absolute Gasteiger partial charge is 0.325 e. The monoisotopic (exact) mass is 259 g/mol. The van der Waals surface area contributed by atoms with Gasteiger partial charge in [0.2, 0.25) is 0 Å². The van der Waals surface area contributed by atoms with Gasteiger partial charge < -0.3 is 9.84 Å². The summed E-state index contributed by atoms with van der Waals surface area (Å²) in [5.41, 5.74) is 0.553. The van der Waals surface area contributed by atoms with Gasteiger partial charge in [-0.15, -0.1) is 11.6 Å². The minimum Gasteiger partial charge on any atom is -0.491 e. The van der Waals surface area contributed by atoms with Crippen LogP contribution in [0.4, 0.5) is 5.69 Å². The Morgan fingerprint density at radius 1 is 1.65 bits per heavy atom. The summed E-state index contributed by atoms with van der Waals surface area (Å²) in [6.45, 7) is 1.45. The summed E-state index contributed by atoms with van der Waals surface area (Å²) < 4.78 is 5.13. The first-order valence-corrected chi connectivity index (χ1v) is 5.10. The Morgan fingerprint density at radius 2 is 2.29 bits per heavy atom. The summed E-state index contributed by atoms with van der Waals surface area (Å²) in [4.78, 5) is 20.4. The van der Waals surface area contributed by atoms with Crippen LogP contribution in [0.15, 0.2) is 18.2 Å². The summed E-state index contributed by atoms with van der Waals surface area (Å²) in [5.74, 6) is -0.944. The fraction of sp³-hybridized carbons (Fsp3) is 0.300. The Morgan fingerprint density at radius 3 is 2.82 bits per heavy atom. The zero-order valence-corrected chi connectivity index (χ0v) is 9.68. The molecule has 1 unspecified atom stereocenters. The molecule has 0 aromatic heterocycles. The molecule has 6 nitrogen and oxygen atoms in total. The second-order valence-corrected chi connectivity index (χ2v) is 3.85. The Bertz CT molecular complexity index is 448. The normalized spacial score (nSPS) is 11.9. The van der Waals surface area contributed by atoms with E-state index in [1.807, 2.05) is 0 Å². The van der Waals surface area contributed by atoms with E-state index in [-0.39, 0.29) is 18.0 Å². The highest BCUT2D eigenvalue weighted by atomic mass is 35.5. The van der Waals surface area contributed by atoms with Crippen LogP contribution in [0.1, 0.15) is 5.56 Å². The quantitative estimate of drug-likeness (QED) is 0.496. The van der Waals surface area contributed by atoms with E-state index in [9.17, 15) is 14.9 Å². The Kier molecular flexibility index (Phi) is 4.28. The van der Waals surface area contributed by atoms with E-state index in [0.29, 0.717) is 5.56 Å². The van der Waals surface area contributed by atoms with Crippen LogP contribution in [-0.2, 0) is 4.79 Å². The number of nitrogens with zero attached hydrogens (tertiary/aromatic N) is 1. The number of benzene rings is 1. The van der Waals surface area contributed by atoms with Gasteiger partial charge in [0, 0.05) is 6.07 Å². The lowest BCUT2D eigenvalue weighted by atomic mass is 10.2. The van der Waals surface area contributed by atoms with Crippen LogP contribution in [0.2, 0.25) is 0 Å². The van der Waals surface area contributed by atoms with E-state index >= 15 is 0 Å². The van der Waals surface area contributed by atoms with Crippen LogP contribution in [0.5, 0.6) is 5.75 Å². The zero-order valence-electron chi connectivity index (χ0n) is 8.92. The molecule has 1 atom stereocenters. The topological polar surface area (TPSA) is 89.7 Å². The second kappa shape index (κ2) is 5.49. The third-order valence-electron chi connectivity index (χ3n) is 2.04. The number of alkyl halides is 1. The molecule has 0 spiro atoms. The molecule has 0 amide bonds. The van der Waals surface area contributed by atoms with E-state index < -0.39 is 16.3 Å². The minimum absolute atomic E-state index is 0.118. The molecule has 1 aromatic carbocycles. The first-order valence-electron chi connectivity index (χ1n) is 4.66. The average molecular weight is 260 g/mol. The summed E-state index contributed by atoms with van der Waals surface area (Å²) in [7, 11) is 0. The Hall–Kier alpha value is -1.82. The Labute approximate surface area is 102 Å². The largest absolute Gasteiger partial charge is 0.491 e. The molecule has 17 heavy (non-hydrogen) atoms. The number of hydrogen-bond donors (Lipinski definition) is 1. The molecule has 1 N–H and O–H groups in total.